The third kappa shape index (κ3) is 2.77. The number of nitrogens with one attached hydrogen (secondary N) is 1. The molecule has 0 radical (unpaired) electrons. The van der Waals surface area contributed by atoms with Crippen molar-refractivity contribution in [2.75, 3.05) is 7.11 Å². The van der Waals surface area contributed by atoms with Gasteiger partial charge < -0.3 is 9.72 Å². The first-order chi connectivity index (χ1) is 8.11. The van der Waals surface area contributed by atoms with Crippen molar-refractivity contribution in [2.45, 2.75) is 38.7 Å². The first-order valence-electron chi connectivity index (χ1n) is 5.89. The fourth-order valence-electron chi connectivity index (χ4n) is 2.41. The number of H-pyrrole nitrogens is 1. The molecule has 94 valence electrons. The van der Waals surface area contributed by atoms with Gasteiger partial charge in [0, 0.05) is 13.0 Å². The summed E-state index contributed by atoms with van der Waals surface area (Å²) in [5.74, 6) is 1.93. The lowest BCUT2D eigenvalue weighted by atomic mass is 10.1. The minimum absolute atomic E-state index is 0.110. The van der Waals surface area contributed by atoms with Crippen LogP contribution < -0.4 is 5.56 Å². The molecule has 0 aromatic carbocycles. The Kier molecular flexibility index (Phi) is 3.99. The van der Waals surface area contributed by atoms with Crippen molar-refractivity contribution >= 4 is 15.9 Å². The molecule has 1 aromatic rings. The molecular weight excluding hydrogens is 284 g/mol. The van der Waals surface area contributed by atoms with Gasteiger partial charge in [-0.2, -0.15) is 0 Å². The highest BCUT2D eigenvalue weighted by molar-refractivity contribution is 9.10. The molecular formula is C12H17BrN2O2. The zero-order valence-electron chi connectivity index (χ0n) is 10.1. The van der Waals surface area contributed by atoms with E-state index in [9.17, 15) is 4.79 Å². The molecule has 0 spiro atoms. The Bertz CT molecular complexity index is 458. The van der Waals surface area contributed by atoms with Gasteiger partial charge in [0.25, 0.3) is 5.56 Å². The predicted molar refractivity (Wildman–Crippen MR) is 69.0 cm³/mol. The van der Waals surface area contributed by atoms with Crippen LogP contribution in [0.25, 0.3) is 0 Å². The third-order valence-corrected chi connectivity index (χ3v) is 4.13. The molecule has 5 heteroatoms. The Morgan fingerprint density at radius 1 is 1.53 bits per heavy atom. The van der Waals surface area contributed by atoms with Gasteiger partial charge in [0.1, 0.15) is 10.3 Å². The average Bonchev–Trinajstić information content (AvgIpc) is 2.71. The molecule has 2 rings (SSSR count). The summed E-state index contributed by atoms with van der Waals surface area (Å²) in [6.45, 7) is 2.60. The number of ether oxygens (including phenoxy) is 1. The summed E-state index contributed by atoms with van der Waals surface area (Å²) in [5, 5.41) is 0. The maximum Gasteiger partial charge on any atom is 0.265 e. The highest BCUT2D eigenvalue weighted by Gasteiger charge is 2.25. The molecule has 1 N–H and O–H groups in total. The van der Waals surface area contributed by atoms with Gasteiger partial charge >= 0.3 is 0 Å². The molecule has 17 heavy (non-hydrogen) atoms. The Hall–Kier alpha value is -0.680. The van der Waals surface area contributed by atoms with Crippen LogP contribution in [0, 0.1) is 5.92 Å². The van der Waals surface area contributed by atoms with Gasteiger partial charge in [-0.15, -0.1) is 0 Å². The summed E-state index contributed by atoms with van der Waals surface area (Å²) in [5.41, 5.74) is 0.576. The molecule has 1 heterocycles. The summed E-state index contributed by atoms with van der Waals surface area (Å²) in [4.78, 5) is 19.2. The van der Waals surface area contributed by atoms with E-state index in [1.54, 1.807) is 7.11 Å². The predicted octanol–water partition coefficient (Wildman–Crippen LogP) is 2.58. The number of hydrogen-bond donors (Lipinski definition) is 1. The van der Waals surface area contributed by atoms with E-state index in [0.717, 1.165) is 24.6 Å². The van der Waals surface area contributed by atoms with E-state index in [4.69, 9.17) is 4.74 Å². The monoisotopic (exact) mass is 300 g/mol. The largest absolute Gasteiger partial charge is 0.378 e. The highest BCUT2D eigenvalue weighted by Crippen LogP contribution is 2.36. The maximum atomic E-state index is 11.8. The van der Waals surface area contributed by atoms with E-state index < -0.39 is 0 Å². The number of rotatable bonds is 3. The van der Waals surface area contributed by atoms with Crippen LogP contribution in [0.2, 0.25) is 0 Å². The van der Waals surface area contributed by atoms with E-state index in [2.05, 4.69) is 32.8 Å². The van der Waals surface area contributed by atoms with Gasteiger partial charge in [0.2, 0.25) is 0 Å². The standard InChI is InChI=1S/C12H17BrN2O2/c1-7-3-4-8(5-7)11-14-9(6-17-2)10(13)12(16)15-11/h7-8H,3-6H2,1-2H3,(H,14,15,16). The Morgan fingerprint density at radius 2 is 2.29 bits per heavy atom. The van der Waals surface area contributed by atoms with Crippen LogP contribution in [0.5, 0.6) is 0 Å². The fraction of sp³-hybridized carbons (Fsp3) is 0.667. The SMILES string of the molecule is COCc1nc(C2CCC(C)C2)[nH]c(=O)c1Br. The van der Waals surface area contributed by atoms with Crippen LogP contribution in [0.3, 0.4) is 0 Å². The van der Waals surface area contributed by atoms with Crippen LogP contribution >= 0.6 is 15.9 Å². The van der Waals surface area contributed by atoms with Gasteiger partial charge in [-0.1, -0.05) is 6.92 Å². The summed E-state index contributed by atoms with van der Waals surface area (Å²) in [7, 11) is 1.60. The topological polar surface area (TPSA) is 55.0 Å². The molecule has 0 aliphatic heterocycles. The first-order valence-corrected chi connectivity index (χ1v) is 6.68. The Balaban J connectivity index is 2.32. The van der Waals surface area contributed by atoms with Crippen LogP contribution in [0.15, 0.2) is 9.27 Å². The van der Waals surface area contributed by atoms with Crippen LogP contribution in [-0.4, -0.2) is 17.1 Å². The second kappa shape index (κ2) is 5.31. The molecule has 0 bridgehead atoms. The maximum absolute atomic E-state index is 11.8. The van der Waals surface area contributed by atoms with E-state index in [0.29, 0.717) is 22.7 Å². The lowest BCUT2D eigenvalue weighted by molar-refractivity contribution is 0.180. The van der Waals surface area contributed by atoms with Gasteiger partial charge in [-0.3, -0.25) is 4.79 Å². The molecule has 2 atom stereocenters. The Labute approximate surface area is 109 Å². The summed E-state index contributed by atoms with van der Waals surface area (Å²) in [6, 6.07) is 0. The molecule has 0 amide bonds. The second-order valence-electron chi connectivity index (χ2n) is 4.76. The number of aromatic nitrogens is 2. The number of methoxy groups -OCH3 is 1. The molecule has 1 aromatic heterocycles. The van der Waals surface area contributed by atoms with Crippen molar-refractivity contribution in [3.8, 4) is 0 Å². The van der Waals surface area contributed by atoms with Crippen LogP contribution in [0.4, 0.5) is 0 Å². The fourth-order valence-corrected chi connectivity index (χ4v) is 2.71. The second-order valence-corrected chi connectivity index (χ2v) is 5.55. The highest BCUT2D eigenvalue weighted by atomic mass is 79.9. The third-order valence-electron chi connectivity index (χ3n) is 3.31. The summed E-state index contributed by atoms with van der Waals surface area (Å²) >= 11 is 3.25. The van der Waals surface area contributed by atoms with E-state index in [1.807, 2.05) is 0 Å². The zero-order chi connectivity index (χ0) is 12.4. The first kappa shape index (κ1) is 12.8. The molecule has 1 saturated carbocycles. The van der Waals surface area contributed by atoms with E-state index in [1.165, 1.54) is 6.42 Å². The summed E-state index contributed by atoms with van der Waals surface area (Å²) < 4.78 is 5.54. The van der Waals surface area contributed by atoms with Gasteiger partial charge in [0.15, 0.2) is 0 Å². The van der Waals surface area contributed by atoms with Crippen LogP contribution in [0.1, 0.15) is 43.6 Å². The van der Waals surface area contributed by atoms with Crippen molar-refractivity contribution in [2.24, 2.45) is 5.92 Å². The van der Waals surface area contributed by atoms with E-state index in [-0.39, 0.29) is 5.56 Å². The summed E-state index contributed by atoms with van der Waals surface area (Å²) in [6.07, 6.45) is 3.43. The van der Waals surface area contributed by atoms with Crippen molar-refractivity contribution in [1.82, 2.24) is 9.97 Å². The number of nitrogens with zero attached hydrogens (tertiary/aromatic N) is 1. The molecule has 4 nitrogen and oxygen atoms in total. The number of aromatic amines is 1. The average molecular weight is 301 g/mol. The quantitative estimate of drug-likeness (QED) is 0.933. The molecule has 0 saturated heterocycles. The number of halogens is 1. The number of hydrogen-bond acceptors (Lipinski definition) is 3. The normalized spacial score (nSPS) is 24.2. The van der Waals surface area contributed by atoms with Gasteiger partial charge in [-0.25, -0.2) is 4.98 Å². The molecule has 1 aliphatic rings. The van der Waals surface area contributed by atoms with Crippen LogP contribution in [-0.2, 0) is 11.3 Å². The minimum atomic E-state index is -0.110. The Morgan fingerprint density at radius 3 is 2.88 bits per heavy atom. The van der Waals surface area contributed by atoms with Crippen molar-refractivity contribution < 1.29 is 4.74 Å². The van der Waals surface area contributed by atoms with Gasteiger partial charge in [-0.05, 0) is 41.1 Å². The van der Waals surface area contributed by atoms with Crippen molar-refractivity contribution in [1.29, 1.82) is 0 Å². The van der Waals surface area contributed by atoms with Crippen molar-refractivity contribution in [3.63, 3.8) is 0 Å². The molecule has 2 unspecified atom stereocenters. The van der Waals surface area contributed by atoms with Crippen molar-refractivity contribution in [3.05, 3.63) is 26.3 Å². The smallest absolute Gasteiger partial charge is 0.265 e. The lowest BCUT2D eigenvalue weighted by Crippen LogP contribution is -2.17. The lowest BCUT2D eigenvalue weighted by Gasteiger charge is -2.11. The van der Waals surface area contributed by atoms with Gasteiger partial charge in [0.05, 0.1) is 12.3 Å². The molecule has 1 fully saturated rings. The zero-order valence-corrected chi connectivity index (χ0v) is 11.7. The van der Waals surface area contributed by atoms with E-state index >= 15 is 0 Å². The minimum Gasteiger partial charge on any atom is -0.378 e. The molecule has 1 aliphatic carbocycles.